The largest absolute Gasteiger partial charge is 0.467 e. The maximum absolute atomic E-state index is 14.5. The van der Waals surface area contributed by atoms with E-state index in [0.717, 1.165) is 70.0 Å². The van der Waals surface area contributed by atoms with Crippen LogP contribution in [0, 0.1) is 56.7 Å². The van der Waals surface area contributed by atoms with E-state index in [1.807, 2.05) is 6.26 Å². The molecule has 6 nitrogen and oxygen atoms in total. The van der Waals surface area contributed by atoms with E-state index < -0.39 is 11.5 Å². The first-order valence-electron chi connectivity index (χ1n) is 17.0. The Morgan fingerprint density at radius 3 is 2.40 bits per heavy atom. The second kappa shape index (κ2) is 10.5. The fourth-order valence-electron chi connectivity index (χ4n) is 12.8. The number of amides is 1. The molecule has 0 spiro atoms. The molecule has 1 N–H and O–H groups in total. The molecule has 240 valence electrons. The van der Waals surface area contributed by atoms with Gasteiger partial charge in [-0.3, -0.25) is 9.59 Å². The number of ether oxygens (including phenoxy) is 2. The number of hydrogen-bond acceptors (Lipinski definition) is 6. The molecule has 6 aliphatic rings. The van der Waals surface area contributed by atoms with Crippen LogP contribution in [-0.4, -0.2) is 49.1 Å². The Labute approximate surface area is 263 Å². The summed E-state index contributed by atoms with van der Waals surface area (Å²) in [5, 5.41) is 3.23. The highest BCUT2D eigenvalue weighted by Crippen LogP contribution is 2.78. The van der Waals surface area contributed by atoms with Gasteiger partial charge in [0.05, 0.1) is 12.5 Å². The molecule has 7 heteroatoms. The quantitative estimate of drug-likeness (QED) is 0.247. The molecule has 1 amide bonds. The minimum atomic E-state index is -0.602. The van der Waals surface area contributed by atoms with Crippen molar-refractivity contribution in [3.63, 3.8) is 0 Å². The normalized spacial score (nSPS) is 48.6. The molecule has 6 fully saturated rings. The number of rotatable bonds is 7. The van der Waals surface area contributed by atoms with Gasteiger partial charge in [0.15, 0.2) is 0 Å². The predicted octanol–water partition coefficient (Wildman–Crippen LogP) is 6.96. The number of esters is 2. The second-order valence-corrected chi connectivity index (χ2v) is 17.4. The number of methoxy groups -OCH3 is 1. The van der Waals surface area contributed by atoms with Crippen molar-refractivity contribution in [1.82, 2.24) is 5.32 Å². The zero-order valence-electron chi connectivity index (χ0n) is 27.7. The number of allylic oxidation sites excluding steroid dienone is 1. The number of carbonyl (C=O) groups excluding carboxylic acids is 3. The zero-order valence-corrected chi connectivity index (χ0v) is 28.5. The molecule has 6 rings (SSSR count). The number of carbonyl (C=O) groups is 3. The van der Waals surface area contributed by atoms with Gasteiger partial charge in [-0.25, -0.2) is 4.79 Å². The number of fused-ring (bicyclic) bond motifs is 9. The summed E-state index contributed by atoms with van der Waals surface area (Å²) in [4.78, 5) is 40.1. The summed E-state index contributed by atoms with van der Waals surface area (Å²) < 4.78 is 10.8. The van der Waals surface area contributed by atoms with Crippen molar-refractivity contribution in [1.29, 1.82) is 0 Å². The van der Waals surface area contributed by atoms with E-state index in [0.29, 0.717) is 30.1 Å². The molecule has 0 aromatic rings. The molecule has 0 radical (unpaired) electrons. The van der Waals surface area contributed by atoms with Gasteiger partial charge in [0.1, 0.15) is 17.6 Å². The Morgan fingerprint density at radius 1 is 1.00 bits per heavy atom. The van der Waals surface area contributed by atoms with Gasteiger partial charge in [-0.15, -0.1) is 0 Å². The van der Waals surface area contributed by atoms with Gasteiger partial charge in [0.25, 0.3) is 0 Å². The van der Waals surface area contributed by atoms with E-state index in [1.165, 1.54) is 12.7 Å². The van der Waals surface area contributed by atoms with Crippen molar-refractivity contribution in [3.8, 4) is 0 Å². The highest BCUT2D eigenvalue weighted by atomic mass is 32.2. The van der Waals surface area contributed by atoms with Gasteiger partial charge in [-0.1, -0.05) is 32.9 Å². The SMILES string of the molecule is C=C(C)[C@@H]1CC[C@]2(C(=O)N[C@@H](CCSC)C(=O)OC)CC[C@]3(C)[C@H](CC[C@@H]4[C@@]5(C)CC[C@H]6OC(=O)[C@@]6(C)[C@@H]5CC[C@]43C)[C@@H]12. The molecule has 0 unspecified atom stereocenters. The lowest BCUT2D eigenvalue weighted by Crippen LogP contribution is -2.71. The highest BCUT2D eigenvalue weighted by Gasteiger charge is 2.75. The van der Waals surface area contributed by atoms with Crippen molar-refractivity contribution in [2.24, 2.45) is 56.7 Å². The molecule has 12 atom stereocenters. The number of nitrogens with one attached hydrogen (secondary N) is 1. The molecule has 43 heavy (non-hydrogen) atoms. The molecule has 5 saturated carbocycles. The average molecular weight is 614 g/mol. The van der Waals surface area contributed by atoms with Crippen molar-refractivity contribution >= 4 is 29.6 Å². The van der Waals surface area contributed by atoms with Crippen molar-refractivity contribution in [2.75, 3.05) is 19.1 Å². The summed E-state index contributed by atoms with van der Waals surface area (Å²) in [5.74, 6) is 2.49. The Bertz CT molecular complexity index is 1200. The molecular weight excluding hydrogens is 558 g/mol. The maximum atomic E-state index is 14.5. The van der Waals surface area contributed by atoms with Crippen LogP contribution in [0.2, 0.25) is 0 Å². The van der Waals surface area contributed by atoms with Gasteiger partial charge < -0.3 is 14.8 Å². The Morgan fingerprint density at radius 2 is 1.74 bits per heavy atom. The van der Waals surface area contributed by atoms with Crippen molar-refractivity contribution in [2.45, 2.75) is 117 Å². The van der Waals surface area contributed by atoms with Gasteiger partial charge in [0.2, 0.25) is 5.91 Å². The van der Waals surface area contributed by atoms with E-state index in [9.17, 15) is 14.4 Å². The first kappa shape index (κ1) is 31.5. The first-order chi connectivity index (χ1) is 20.2. The van der Waals surface area contributed by atoms with E-state index in [2.05, 4.69) is 46.5 Å². The minimum absolute atomic E-state index is 0.0310. The van der Waals surface area contributed by atoms with E-state index in [-0.39, 0.29) is 51.5 Å². The van der Waals surface area contributed by atoms with E-state index in [4.69, 9.17) is 9.47 Å². The second-order valence-electron chi connectivity index (χ2n) is 16.4. The van der Waals surface area contributed by atoms with Gasteiger partial charge in [-0.2, -0.15) is 11.8 Å². The summed E-state index contributed by atoms with van der Waals surface area (Å²) in [6, 6.07) is -0.602. The lowest BCUT2D eigenvalue weighted by molar-refractivity contribution is -0.279. The standard InChI is InChI=1S/C36H55NO5S/c1-21(2)22-11-17-36(30(39)37-24(14-20-43-8)29(38)41-7)19-18-33(4)23(28(22)36)9-10-25-32(3)15-13-27-35(6,31(40)42-27)26(32)12-16-34(25,33)5/h22-28H,1,9-20H2,2-8H3,(H,37,39)/t22-,23+,24-,25+,26+,27+,28+,32+,33+,34+,35-,36-/m0/s1. The number of thioether (sulfide) groups is 1. The van der Waals surface area contributed by atoms with Crippen LogP contribution >= 0.6 is 11.8 Å². The van der Waals surface area contributed by atoms with Crippen LogP contribution in [-0.2, 0) is 23.9 Å². The Kier molecular flexibility index (Phi) is 7.70. The van der Waals surface area contributed by atoms with Crippen LogP contribution < -0.4 is 5.32 Å². The van der Waals surface area contributed by atoms with Crippen LogP contribution in [0.25, 0.3) is 0 Å². The molecule has 1 heterocycles. The van der Waals surface area contributed by atoms with Gasteiger partial charge in [0, 0.05) is 0 Å². The third-order valence-electron chi connectivity index (χ3n) is 15.2. The maximum Gasteiger partial charge on any atom is 0.328 e. The van der Waals surface area contributed by atoms with Crippen LogP contribution in [0.5, 0.6) is 0 Å². The fraction of sp³-hybridized carbons (Fsp3) is 0.861. The lowest BCUT2D eigenvalue weighted by Gasteiger charge is -2.73. The summed E-state index contributed by atoms with van der Waals surface area (Å²) in [6.07, 6.45) is 13.1. The third kappa shape index (κ3) is 4.07. The first-order valence-corrected chi connectivity index (χ1v) is 18.4. The van der Waals surface area contributed by atoms with Crippen LogP contribution in [0.3, 0.4) is 0 Å². The fourth-order valence-corrected chi connectivity index (χ4v) is 13.3. The highest BCUT2D eigenvalue weighted by molar-refractivity contribution is 7.98. The topological polar surface area (TPSA) is 81.7 Å². The molecule has 1 saturated heterocycles. The summed E-state index contributed by atoms with van der Waals surface area (Å²) in [7, 11) is 1.41. The Hall–Kier alpha value is -1.50. The monoisotopic (exact) mass is 613 g/mol. The summed E-state index contributed by atoms with van der Waals surface area (Å²) in [5.41, 5.74) is 0.796. The van der Waals surface area contributed by atoms with Crippen LogP contribution in [0.1, 0.15) is 105 Å². The molecule has 0 aromatic heterocycles. The molecular formula is C36H55NO5S. The van der Waals surface area contributed by atoms with Gasteiger partial charge in [-0.05, 0) is 142 Å². The molecule has 5 aliphatic carbocycles. The molecule has 0 bridgehead atoms. The molecule has 0 aromatic carbocycles. The van der Waals surface area contributed by atoms with E-state index in [1.54, 1.807) is 11.8 Å². The van der Waals surface area contributed by atoms with Crippen LogP contribution in [0.15, 0.2) is 12.2 Å². The van der Waals surface area contributed by atoms with Crippen molar-refractivity contribution < 1.29 is 23.9 Å². The zero-order chi connectivity index (χ0) is 31.2. The Balaban J connectivity index is 1.34. The number of hydrogen-bond donors (Lipinski definition) is 1. The smallest absolute Gasteiger partial charge is 0.328 e. The molecule has 1 aliphatic heterocycles. The summed E-state index contributed by atoms with van der Waals surface area (Å²) in [6.45, 7) is 16.5. The van der Waals surface area contributed by atoms with E-state index >= 15 is 0 Å². The van der Waals surface area contributed by atoms with Gasteiger partial charge >= 0.3 is 11.9 Å². The predicted molar refractivity (Wildman–Crippen MR) is 170 cm³/mol. The third-order valence-corrected chi connectivity index (χ3v) is 15.9. The van der Waals surface area contributed by atoms with Crippen molar-refractivity contribution in [3.05, 3.63) is 12.2 Å². The van der Waals surface area contributed by atoms with Crippen LogP contribution in [0.4, 0.5) is 0 Å². The summed E-state index contributed by atoms with van der Waals surface area (Å²) >= 11 is 1.68. The average Bonchev–Trinajstić information content (AvgIpc) is 3.38. The lowest BCUT2D eigenvalue weighted by atomic mass is 9.32. The minimum Gasteiger partial charge on any atom is -0.467 e.